The van der Waals surface area contributed by atoms with Gasteiger partial charge in [0.15, 0.2) is 11.5 Å². The van der Waals surface area contributed by atoms with Crippen molar-refractivity contribution in [2.24, 2.45) is 0 Å². The topological polar surface area (TPSA) is 89.2 Å². The second-order valence-electron chi connectivity index (χ2n) is 8.03. The molecule has 0 atom stereocenters. The number of aromatic amines is 1. The second kappa shape index (κ2) is 9.25. The lowest BCUT2D eigenvalue weighted by Gasteiger charge is -2.36. The van der Waals surface area contributed by atoms with E-state index >= 15 is 0 Å². The van der Waals surface area contributed by atoms with Gasteiger partial charge in [0.25, 0.3) is 5.91 Å². The molecule has 3 aliphatic heterocycles. The first-order valence-electron chi connectivity index (χ1n) is 10.9. The number of amides is 1. The van der Waals surface area contributed by atoms with Crippen LogP contribution < -0.4 is 9.47 Å². The third-order valence-electron chi connectivity index (χ3n) is 6.13. The highest BCUT2D eigenvalue weighted by molar-refractivity contribution is 5.93. The second-order valence-corrected chi connectivity index (χ2v) is 8.03. The zero-order valence-electron chi connectivity index (χ0n) is 17.5. The van der Waals surface area contributed by atoms with Crippen LogP contribution in [-0.4, -0.2) is 91.3 Å². The van der Waals surface area contributed by atoms with Crippen LogP contribution in [0.5, 0.6) is 11.5 Å². The van der Waals surface area contributed by atoms with Crippen molar-refractivity contribution < 1.29 is 23.7 Å². The SMILES string of the molecule is O=C(c1cc(-c2ccc3c(c2)OCO3)n[nH]1)N(CCN1CCOCC1)C1CCOCC1. The van der Waals surface area contributed by atoms with Gasteiger partial charge >= 0.3 is 0 Å². The number of nitrogens with one attached hydrogen (secondary N) is 1. The van der Waals surface area contributed by atoms with E-state index in [4.69, 9.17) is 18.9 Å². The Morgan fingerprint density at radius 1 is 1.06 bits per heavy atom. The van der Waals surface area contributed by atoms with Gasteiger partial charge in [0.2, 0.25) is 6.79 Å². The predicted molar refractivity (Wildman–Crippen MR) is 112 cm³/mol. The van der Waals surface area contributed by atoms with Crippen LogP contribution in [0.1, 0.15) is 23.3 Å². The number of rotatable bonds is 6. The van der Waals surface area contributed by atoms with Gasteiger partial charge in [0, 0.05) is 51.0 Å². The van der Waals surface area contributed by atoms with E-state index in [0.717, 1.165) is 57.0 Å². The number of hydrogen-bond acceptors (Lipinski definition) is 7. The van der Waals surface area contributed by atoms with Crippen LogP contribution in [-0.2, 0) is 9.47 Å². The number of hydrogen-bond donors (Lipinski definition) is 1. The Balaban J connectivity index is 1.32. The van der Waals surface area contributed by atoms with E-state index in [-0.39, 0.29) is 18.7 Å². The van der Waals surface area contributed by atoms with E-state index in [2.05, 4.69) is 15.1 Å². The van der Waals surface area contributed by atoms with E-state index in [1.54, 1.807) is 0 Å². The Kier molecular flexibility index (Phi) is 6.06. The molecular formula is C22H28N4O5. The average Bonchev–Trinajstić information content (AvgIpc) is 3.50. The summed E-state index contributed by atoms with van der Waals surface area (Å²) in [7, 11) is 0. The number of benzene rings is 1. The van der Waals surface area contributed by atoms with Crippen molar-refractivity contribution in [3.05, 3.63) is 30.0 Å². The lowest BCUT2D eigenvalue weighted by molar-refractivity contribution is 0.0139. The van der Waals surface area contributed by atoms with Gasteiger partial charge in [-0.05, 0) is 37.1 Å². The molecule has 166 valence electrons. The highest BCUT2D eigenvalue weighted by Crippen LogP contribution is 2.35. The Hall–Kier alpha value is -2.62. The number of morpholine rings is 1. The summed E-state index contributed by atoms with van der Waals surface area (Å²) in [4.78, 5) is 17.8. The summed E-state index contributed by atoms with van der Waals surface area (Å²) >= 11 is 0. The largest absolute Gasteiger partial charge is 0.454 e. The van der Waals surface area contributed by atoms with Crippen molar-refractivity contribution in [2.75, 3.05) is 59.4 Å². The molecule has 9 nitrogen and oxygen atoms in total. The fraction of sp³-hybridized carbons (Fsp3) is 0.545. The molecular weight excluding hydrogens is 400 g/mol. The fourth-order valence-corrected chi connectivity index (χ4v) is 4.31. The maximum atomic E-state index is 13.5. The number of nitrogens with zero attached hydrogens (tertiary/aromatic N) is 3. The van der Waals surface area contributed by atoms with Gasteiger partial charge in [0.05, 0.1) is 18.9 Å². The minimum absolute atomic E-state index is 0.0142. The summed E-state index contributed by atoms with van der Waals surface area (Å²) in [5.74, 6) is 1.41. The van der Waals surface area contributed by atoms with Crippen molar-refractivity contribution in [3.8, 4) is 22.8 Å². The number of aromatic nitrogens is 2. The van der Waals surface area contributed by atoms with Gasteiger partial charge in [-0.1, -0.05) is 0 Å². The molecule has 1 aromatic heterocycles. The first kappa shape index (κ1) is 20.3. The van der Waals surface area contributed by atoms with Crippen LogP contribution in [0.3, 0.4) is 0 Å². The molecule has 0 aliphatic carbocycles. The third kappa shape index (κ3) is 4.53. The van der Waals surface area contributed by atoms with Crippen LogP contribution in [0, 0.1) is 0 Å². The summed E-state index contributed by atoms with van der Waals surface area (Å²) in [6, 6.07) is 7.68. The molecule has 2 aromatic rings. The number of ether oxygens (including phenoxy) is 4. The number of fused-ring (bicyclic) bond motifs is 1. The Morgan fingerprint density at radius 3 is 2.68 bits per heavy atom. The molecule has 0 unspecified atom stereocenters. The Labute approximate surface area is 181 Å². The summed E-state index contributed by atoms with van der Waals surface area (Å²) < 4.78 is 21.8. The van der Waals surface area contributed by atoms with Crippen LogP contribution in [0.4, 0.5) is 0 Å². The van der Waals surface area contributed by atoms with Gasteiger partial charge < -0.3 is 23.8 Å². The van der Waals surface area contributed by atoms with Gasteiger partial charge in [0.1, 0.15) is 5.69 Å². The van der Waals surface area contributed by atoms with Crippen LogP contribution >= 0.6 is 0 Å². The van der Waals surface area contributed by atoms with Gasteiger partial charge in [-0.15, -0.1) is 0 Å². The molecule has 5 rings (SSSR count). The van der Waals surface area contributed by atoms with E-state index in [1.165, 1.54) is 0 Å². The zero-order chi connectivity index (χ0) is 21.0. The van der Waals surface area contributed by atoms with E-state index in [9.17, 15) is 4.79 Å². The molecule has 31 heavy (non-hydrogen) atoms. The maximum absolute atomic E-state index is 13.5. The predicted octanol–water partition coefficient (Wildman–Crippen LogP) is 1.76. The molecule has 0 bridgehead atoms. The maximum Gasteiger partial charge on any atom is 0.272 e. The molecule has 1 aromatic carbocycles. The molecule has 1 N–H and O–H groups in total. The molecule has 0 spiro atoms. The van der Waals surface area contributed by atoms with E-state index in [0.29, 0.717) is 36.9 Å². The molecule has 0 saturated carbocycles. The van der Waals surface area contributed by atoms with Gasteiger partial charge in [-0.25, -0.2) is 0 Å². The first-order valence-corrected chi connectivity index (χ1v) is 10.9. The minimum atomic E-state index is -0.0142. The standard InChI is InChI=1S/C22H28N4O5/c27-22(19-14-18(23-24-19)16-1-2-20-21(13-16)31-15-30-20)26(17-3-9-28-10-4-17)6-5-25-7-11-29-12-8-25/h1-2,13-14,17H,3-12,15H2,(H,23,24). The summed E-state index contributed by atoms with van der Waals surface area (Å²) in [5.41, 5.74) is 2.09. The molecule has 2 fully saturated rings. The van der Waals surface area contributed by atoms with E-state index < -0.39 is 0 Å². The highest BCUT2D eigenvalue weighted by Gasteiger charge is 2.28. The van der Waals surface area contributed by atoms with Crippen molar-refractivity contribution in [2.45, 2.75) is 18.9 Å². The van der Waals surface area contributed by atoms with Crippen molar-refractivity contribution >= 4 is 5.91 Å². The van der Waals surface area contributed by atoms with Gasteiger partial charge in [-0.3, -0.25) is 14.8 Å². The zero-order valence-corrected chi connectivity index (χ0v) is 17.5. The van der Waals surface area contributed by atoms with Crippen LogP contribution in [0.2, 0.25) is 0 Å². The fourth-order valence-electron chi connectivity index (χ4n) is 4.31. The summed E-state index contributed by atoms with van der Waals surface area (Å²) in [6.45, 7) is 6.47. The van der Waals surface area contributed by atoms with Crippen LogP contribution in [0.15, 0.2) is 24.3 Å². The molecule has 3 aliphatic rings. The van der Waals surface area contributed by atoms with E-state index in [1.807, 2.05) is 29.2 Å². The van der Waals surface area contributed by atoms with Gasteiger partial charge in [-0.2, -0.15) is 5.10 Å². The molecule has 4 heterocycles. The smallest absolute Gasteiger partial charge is 0.272 e. The summed E-state index contributed by atoms with van der Waals surface area (Å²) in [5, 5.41) is 7.34. The van der Waals surface area contributed by atoms with Crippen molar-refractivity contribution in [1.29, 1.82) is 0 Å². The average molecular weight is 428 g/mol. The monoisotopic (exact) mass is 428 g/mol. The van der Waals surface area contributed by atoms with Crippen LogP contribution in [0.25, 0.3) is 11.3 Å². The number of H-pyrrole nitrogens is 1. The minimum Gasteiger partial charge on any atom is -0.454 e. The summed E-state index contributed by atoms with van der Waals surface area (Å²) in [6.07, 6.45) is 1.72. The normalized spacial score (nSPS) is 19.5. The quantitative estimate of drug-likeness (QED) is 0.750. The van der Waals surface area contributed by atoms with Crippen molar-refractivity contribution in [1.82, 2.24) is 20.0 Å². The molecule has 1 amide bonds. The number of carbonyl (C=O) groups is 1. The first-order chi connectivity index (χ1) is 15.3. The van der Waals surface area contributed by atoms with Crippen molar-refractivity contribution in [3.63, 3.8) is 0 Å². The highest BCUT2D eigenvalue weighted by atomic mass is 16.7. The number of carbonyl (C=O) groups excluding carboxylic acids is 1. The lowest BCUT2D eigenvalue weighted by atomic mass is 10.1. The Morgan fingerprint density at radius 2 is 1.84 bits per heavy atom. The molecule has 2 saturated heterocycles. The molecule has 0 radical (unpaired) electrons. The third-order valence-corrected chi connectivity index (χ3v) is 6.13. The Bertz CT molecular complexity index is 905. The molecule has 9 heteroatoms. The lowest BCUT2D eigenvalue weighted by Crippen LogP contribution is -2.48.